The quantitative estimate of drug-likeness (QED) is 0.0311. The van der Waals surface area contributed by atoms with Crippen molar-refractivity contribution < 1.29 is 28.4 Å². The van der Waals surface area contributed by atoms with Gasteiger partial charge in [0.15, 0.2) is 0 Å². The summed E-state index contributed by atoms with van der Waals surface area (Å²) in [7, 11) is -4.32. The standard InChI is InChI=1S/C35H71N2O6P/c1-3-5-7-9-11-13-14-15-16-17-18-19-21-22-24-26-28-34(38)33(32-43-44(40,41)42-31-30-36)37-35(39)29-27-25-23-20-12-10-8-6-4-2/h26,28,33-34,38H,3-25,27,29-32,36H2,1-2H3,(H,37,39)(H,40,41)/b28-26+/t33-,34+/m0/s1. The number of hydrogen-bond donors (Lipinski definition) is 4. The lowest BCUT2D eigenvalue weighted by Crippen LogP contribution is -2.45. The third-order valence-electron chi connectivity index (χ3n) is 8.11. The highest BCUT2D eigenvalue weighted by Crippen LogP contribution is 2.43. The molecule has 0 spiro atoms. The fourth-order valence-corrected chi connectivity index (χ4v) is 6.07. The van der Waals surface area contributed by atoms with Gasteiger partial charge in [-0.15, -0.1) is 0 Å². The minimum atomic E-state index is -4.32. The highest BCUT2D eigenvalue weighted by Gasteiger charge is 2.26. The normalized spacial score (nSPS) is 14.6. The summed E-state index contributed by atoms with van der Waals surface area (Å²) in [6.45, 7) is 4.10. The molecule has 0 aromatic carbocycles. The van der Waals surface area contributed by atoms with E-state index >= 15 is 0 Å². The number of hydrogen-bond acceptors (Lipinski definition) is 6. The van der Waals surface area contributed by atoms with Crippen LogP contribution in [0.2, 0.25) is 0 Å². The number of carbonyl (C=O) groups is 1. The molecule has 0 radical (unpaired) electrons. The van der Waals surface area contributed by atoms with E-state index in [2.05, 4.69) is 19.2 Å². The van der Waals surface area contributed by atoms with Crippen LogP contribution in [0.15, 0.2) is 12.2 Å². The zero-order chi connectivity index (χ0) is 32.6. The number of nitrogens with one attached hydrogen (secondary N) is 1. The fourth-order valence-electron chi connectivity index (χ4n) is 5.31. The first-order valence-electron chi connectivity index (χ1n) is 18.3. The first-order chi connectivity index (χ1) is 21.4. The van der Waals surface area contributed by atoms with Crippen molar-refractivity contribution in [1.82, 2.24) is 5.32 Å². The van der Waals surface area contributed by atoms with Crippen LogP contribution in [0.1, 0.15) is 174 Å². The molecule has 0 saturated carbocycles. The molecule has 0 rings (SSSR count). The summed E-state index contributed by atoms with van der Waals surface area (Å²) >= 11 is 0. The lowest BCUT2D eigenvalue weighted by Gasteiger charge is -2.23. The molecule has 0 fully saturated rings. The summed E-state index contributed by atoms with van der Waals surface area (Å²) in [6.07, 6.45) is 32.6. The fraction of sp³-hybridized carbons (Fsp3) is 0.914. The molecular formula is C35H71N2O6P. The second-order valence-electron chi connectivity index (χ2n) is 12.4. The van der Waals surface area contributed by atoms with Crippen LogP contribution in [0.3, 0.4) is 0 Å². The second kappa shape index (κ2) is 32.2. The second-order valence-corrected chi connectivity index (χ2v) is 13.9. The topological polar surface area (TPSA) is 131 Å². The number of phosphoric ester groups is 1. The Morgan fingerprint density at radius 2 is 1.16 bits per heavy atom. The molecule has 0 aliphatic heterocycles. The molecule has 0 aromatic heterocycles. The van der Waals surface area contributed by atoms with Crippen LogP contribution >= 0.6 is 7.82 Å². The molecule has 44 heavy (non-hydrogen) atoms. The molecule has 0 aliphatic rings. The lowest BCUT2D eigenvalue weighted by molar-refractivity contribution is -0.123. The molecule has 8 nitrogen and oxygen atoms in total. The highest BCUT2D eigenvalue weighted by molar-refractivity contribution is 7.47. The Bertz CT molecular complexity index is 709. The molecule has 0 bridgehead atoms. The van der Waals surface area contributed by atoms with Crippen molar-refractivity contribution in [3.05, 3.63) is 12.2 Å². The molecule has 1 amide bonds. The van der Waals surface area contributed by atoms with Crippen LogP contribution in [-0.2, 0) is 18.4 Å². The molecule has 262 valence electrons. The maximum absolute atomic E-state index is 12.6. The average Bonchev–Trinajstić information content (AvgIpc) is 3.01. The molecule has 0 saturated heterocycles. The Hall–Kier alpha value is -0.760. The number of rotatable bonds is 34. The van der Waals surface area contributed by atoms with E-state index in [1.54, 1.807) is 6.08 Å². The molecular weight excluding hydrogens is 575 g/mol. The summed E-state index contributed by atoms with van der Waals surface area (Å²) in [5.41, 5.74) is 5.34. The van der Waals surface area contributed by atoms with Crippen molar-refractivity contribution in [2.75, 3.05) is 19.8 Å². The van der Waals surface area contributed by atoms with E-state index in [4.69, 9.17) is 14.8 Å². The van der Waals surface area contributed by atoms with Crippen LogP contribution in [0.25, 0.3) is 0 Å². The van der Waals surface area contributed by atoms with E-state index in [1.807, 2.05) is 6.08 Å². The largest absolute Gasteiger partial charge is 0.472 e. The number of allylic oxidation sites excluding steroid dienone is 1. The third-order valence-corrected chi connectivity index (χ3v) is 9.10. The predicted octanol–water partition coefficient (Wildman–Crippen LogP) is 9.27. The molecule has 0 aliphatic carbocycles. The van der Waals surface area contributed by atoms with Crippen molar-refractivity contribution in [2.24, 2.45) is 5.73 Å². The molecule has 0 heterocycles. The molecule has 9 heteroatoms. The molecule has 0 aromatic rings. The van der Waals surface area contributed by atoms with Gasteiger partial charge in [-0.3, -0.25) is 13.8 Å². The average molecular weight is 647 g/mol. The van der Waals surface area contributed by atoms with Crippen LogP contribution in [0.5, 0.6) is 0 Å². The number of aliphatic hydroxyl groups excluding tert-OH is 1. The van der Waals surface area contributed by atoms with Gasteiger partial charge in [-0.1, -0.05) is 161 Å². The monoisotopic (exact) mass is 647 g/mol. The number of amides is 1. The van der Waals surface area contributed by atoms with Crippen molar-refractivity contribution >= 4 is 13.7 Å². The van der Waals surface area contributed by atoms with Gasteiger partial charge in [-0.2, -0.15) is 0 Å². The first kappa shape index (κ1) is 43.2. The Morgan fingerprint density at radius 3 is 1.61 bits per heavy atom. The summed E-state index contributed by atoms with van der Waals surface area (Å²) < 4.78 is 22.0. The van der Waals surface area contributed by atoms with Gasteiger partial charge in [0.1, 0.15) is 0 Å². The van der Waals surface area contributed by atoms with E-state index < -0.39 is 20.0 Å². The number of aliphatic hydroxyl groups is 1. The Kier molecular flexibility index (Phi) is 31.6. The number of phosphoric acid groups is 1. The van der Waals surface area contributed by atoms with Crippen molar-refractivity contribution in [2.45, 2.75) is 187 Å². The van der Waals surface area contributed by atoms with Crippen LogP contribution in [-0.4, -0.2) is 47.8 Å². The number of carbonyl (C=O) groups excluding carboxylic acids is 1. The molecule has 3 atom stereocenters. The Labute approximate surface area is 271 Å². The Morgan fingerprint density at radius 1 is 0.727 bits per heavy atom. The van der Waals surface area contributed by atoms with Gasteiger partial charge >= 0.3 is 7.82 Å². The van der Waals surface area contributed by atoms with E-state index in [0.717, 1.165) is 38.5 Å². The van der Waals surface area contributed by atoms with Crippen LogP contribution < -0.4 is 11.1 Å². The number of nitrogens with two attached hydrogens (primary N) is 1. The third kappa shape index (κ3) is 29.9. The maximum atomic E-state index is 12.6. The molecule has 5 N–H and O–H groups in total. The summed E-state index contributed by atoms with van der Waals surface area (Å²) in [5.74, 6) is -0.198. The van der Waals surface area contributed by atoms with E-state index in [0.29, 0.717) is 6.42 Å². The van der Waals surface area contributed by atoms with Gasteiger partial charge in [-0.05, 0) is 19.3 Å². The van der Waals surface area contributed by atoms with Gasteiger partial charge in [0.05, 0.1) is 25.4 Å². The maximum Gasteiger partial charge on any atom is 0.472 e. The van der Waals surface area contributed by atoms with Gasteiger partial charge in [0.2, 0.25) is 5.91 Å². The van der Waals surface area contributed by atoms with E-state index in [1.165, 1.54) is 116 Å². The van der Waals surface area contributed by atoms with Crippen molar-refractivity contribution in [3.63, 3.8) is 0 Å². The van der Waals surface area contributed by atoms with E-state index in [9.17, 15) is 19.4 Å². The summed E-state index contributed by atoms with van der Waals surface area (Å²) in [4.78, 5) is 22.5. The predicted molar refractivity (Wildman–Crippen MR) is 185 cm³/mol. The minimum Gasteiger partial charge on any atom is -0.387 e. The van der Waals surface area contributed by atoms with Gasteiger partial charge < -0.3 is 21.1 Å². The summed E-state index contributed by atoms with van der Waals surface area (Å²) in [5, 5.41) is 13.6. The molecule has 1 unspecified atom stereocenters. The first-order valence-corrected chi connectivity index (χ1v) is 19.8. The van der Waals surface area contributed by atoms with Crippen molar-refractivity contribution in [1.29, 1.82) is 0 Å². The SMILES string of the molecule is CCCCCCCCCCCCCCCC/C=C/[C@@H](O)[C@H](COP(=O)(O)OCCN)NC(=O)CCCCCCCCCCC. The zero-order valence-corrected chi connectivity index (χ0v) is 29.6. The van der Waals surface area contributed by atoms with Gasteiger partial charge in [0.25, 0.3) is 0 Å². The Balaban J connectivity index is 4.29. The summed E-state index contributed by atoms with van der Waals surface area (Å²) in [6, 6.07) is -0.851. The van der Waals surface area contributed by atoms with E-state index in [-0.39, 0.29) is 25.7 Å². The van der Waals surface area contributed by atoms with Crippen molar-refractivity contribution in [3.8, 4) is 0 Å². The highest BCUT2D eigenvalue weighted by atomic mass is 31.2. The smallest absolute Gasteiger partial charge is 0.387 e. The van der Waals surface area contributed by atoms with Crippen LogP contribution in [0.4, 0.5) is 0 Å². The van der Waals surface area contributed by atoms with Crippen LogP contribution in [0, 0.1) is 0 Å². The number of unbranched alkanes of at least 4 members (excludes halogenated alkanes) is 22. The van der Waals surface area contributed by atoms with Gasteiger partial charge in [-0.25, -0.2) is 4.57 Å². The minimum absolute atomic E-state index is 0.0808. The zero-order valence-electron chi connectivity index (χ0n) is 28.7. The lowest BCUT2D eigenvalue weighted by atomic mass is 10.0. The van der Waals surface area contributed by atoms with Gasteiger partial charge in [0, 0.05) is 13.0 Å².